The number of rotatable bonds is 32. The van der Waals surface area contributed by atoms with Gasteiger partial charge in [-0.05, 0) is 161 Å². The van der Waals surface area contributed by atoms with Gasteiger partial charge in [-0.2, -0.15) is 0 Å². The van der Waals surface area contributed by atoms with Gasteiger partial charge in [0.25, 0.3) is 0 Å². The van der Waals surface area contributed by atoms with Crippen LogP contribution in [0.3, 0.4) is 0 Å². The maximum Gasteiger partial charge on any atom is 0.240 e. The van der Waals surface area contributed by atoms with E-state index in [1.165, 1.54) is 60.8 Å². The SMILES string of the molecule is O=C(CCCOCCOCCCS(=O)(=O)c1ccc(O[C@H]2c3ccccc3C[C@@H]2N2CCCCC2)cc1)c1cccc(C(=O)CCCOCCOCCNS(=O)(=O)c2ccc(O[C@H]3c4ccccc4C[C@@H]3N3CCCCC3)cc2)c1. The molecule has 2 aliphatic carbocycles. The van der Waals surface area contributed by atoms with Gasteiger partial charge in [-0.3, -0.25) is 19.4 Å². The lowest BCUT2D eigenvalue weighted by Gasteiger charge is -2.35. The molecular formula is C63H79N3O12S2. The number of nitrogens with zero attached hydrogens (tertiary/aromatic N) is 2. The molecule has 2 aliphatic heterocycles. The van der Waals surface area contributed by atoms with E-state index in [0.29, 0.717) is 74.9 Å². The monoisotopic (exact) mass is 1130 g/mol. The molecule has 4 aliphatic rings. The number of hydrogen-bond acceptors (Lipinski definition) is 14. The fourth-order valence-corrected chi connectivity index (χ4v) is 13.8. The number of Topliss-reactive ketones (excluding diaryl/α,β-unsaturated/α-hetero) is 2. The van der Waals surface area contributed by atoms with Crippen molar-refractivity contribution in [2.24, 2.45) is 0 Å². The summed E-state index contributed by atoms with van der Waals surface area (Å²) in [6.07, 6.45) is 10.9. The molecule has 0 radical (unpaired) electrons. The Hall–Kier alpha value is -5.34. The van der Waals surface area contributed by atoms with E-state index in [4.69, 9.17) is 28.4 Å². The quantitative estimate of drug-likeness (QED) is 0.0318. The molecule has 9 rings (SSSR count). The number of carbonyl (C=O) groups excluding carboxylic acids is 2. The first-order valence-electron chi connectivity index (χ1n) is 28.9. The van der Waals surface area contributed by atoms with Crippen LogP contribution in [0, 0.1) is 0 Å². The molecule has 5 aromatic carbocycles. The van der Waals surface area contributed by atoms with Gasteiger partial charge in [0, 0.05) is 50.3 Å². The van der Waals surface area contributed by atoms with Crippen molar-refractivity contribution in [2.45, 2.75) is 118 Å². The molecular weight excluding hydrogens is 1050 g/mol. The number of sulfone groups is 1. The fourth-order valence-electron chi connectivity index (χ4n) is 11.5. The van der Waals surface area contributed by atoms with E-state index in [0.717, 1.165) is 39.0 Å². The van der Waals surface area contributed by atoms with Gasteiger partial charge in [0.15, 0.2) is 21.4 Å². The van der Waals surface area contributed by atoms with Crippen molar-refractivity contribution in [3.05, 3.63) is 155 Å². The number of benzene rings is 5. The summed E-state index contributed by atoms with van der Waals surface area (Å²) in [5.41, 5.74) is 5.98. The number of carbonyl (C=O) groups is 2. The minimum Gasteiger partial charge on any atom is -0.484 e. The van der Waals surface area contributed by atoms with Crippen molar-refractivity contribution in [1.82, 2.24) is 14.5 Å². The Balaban J connectivity index is 0.578. The summed E-state index contributed by atoms with van der Waals surface area (Å²) < 4.78 is 90.7. The normalized spacial score (nSPS) is 19.6. The second-order valence-electron chi connectivity index (χ2n) is 21.3. The average Bonchev–Trinajstić information content (AvgIpc) is 4.04. The van der Waals surface area contributed by atoms with Crippen LogP contribution in [0.5, 0.6) is 11.5 Å². The molecule has 80 heavy (non-hydrogen) atoms. The maximum atomic E-state index is 13.1. The van der Waals surface area contributed by atoms with Crippen LogP contribution in [-0.2, 0) is 51.6 Å². The molecule has 430 valence electrons. The summed E-state index contributed by atoms with van der Waals surface area (Å²) in [4.78, 5) is 31.4. The maximum absolute atomic E-state index is 13.1. The predicted molar refractivity (Wildman–Crippen MR) is 307 cm³/mol. The molecule has 0 saturated carbocycles. The Morgan fingerprint density at radius 1 is 0.475 bits per heavy atom. The Labute approximate surface area is 473 Å². The van der Waals surface area contributed by atoms with Crippen molar-refractivity contribution in [3.63, 3.8) is 0 Å². The highest BCUT2D eigenvalue weighted by molar-refractivity contribution is 7.91. The highest BCUT2D eigenvalue weighted by atomic mass is 32.2. The molecule has 0 amide bonds. The van der Waals surface area contributed by atoms with Crippen LogP contribution in [0.1, 0.15) is 126 Å². The van der Waals surface area contributed by atoms with Gasteiger partial charge in [0.1, 0.15) is 23.7 Å². The molecule has 2 fully saturated rings. The summed E-state index contributed by atoms with van der Waals surface area (Å²) in [7, 11) is -7.26. The molecule has 0 aromatic heterocycles. The molecule has 15 nitrogen and oxygen atoms in total. The molecule has 0 unspecified atom stereocenters. The van der Waals surface area contributed by atoms with Gasteiger partial charge >= 0.3 is 0 Å². The Kier molecular flexibility index (Phi) is 21.9. The largest absolute Gasteiger partial charge is 0.484 e. The van der Waals surface area contributed by atoms with Gasteiger partial charge in [-0.1, -0.05) is 79.6 Å². The van der Waals surface area contributed by atoms with E-state index in [2.05, 4.69) is 57.0 Å². The van der Waals surface area contributed by atoms with E-state index >= 15 is 0 Å². The number of piperidine rings is 2. The predicted octanol–water partition coefficient (Wildman–Crippen LogP) is 9.58. The second kappa shape index (κ2) is 29.6. The molecule has 2 saturated heterocycles. The van der Waals surface area contributed by atoms with Crippen molar-refractivity contribution >= 4 is 31.4 Å². The molecule has 5 aromatic rings. The first-order valence-corrected chi connectivity index (χ1v) is 32.0. The number of likely N-dealkylation sites (tertiary alicyclic amines) is 2. The fraction of sp³-hybridized carbons (Fsp3) is 0.492. The van der Waals surface area contributed by atoms with Crippen molar-refractivity contribution in [1.29, 1.82) is 0 Å². The van der Waals surface area contributed by atoms with Gasteiger partial charge in [-0.25, -0.2) is 21.6 Å². The number of ketones is 2. The van der Waals surface area contributed by atoms with Gasteiger partial charge in [0.05, 0.1) is 60.7 Å². The van der Waals surface area contributed by atoms with Crippen LogP contribution in [0.25, 0.3) is 0 Å². The summed E-state index contributed by atoms with van der Waals surface area (Å²) >= 11 is 0. The van der Waals surface area contributed by atoms with E-state index in [9.17, 15) is 26.4 Å². The number of sulfonamides is 1. The van der Waals surface area contributed by atoms with Crippen molar-refractivity contribution < 1.29 is 54.8 Å². The number of nitrogens with one attached hydrogen (secondary N) is 1. The van der Waals surface area contributed by atoms with E-state index in [1.54, 1.807) is 72.8 Å². The lowest BCUT2D eigenvalue weighted by atomic mass is 10.0. The van der Waals surface area contributed by atoms with Gasteiger partial charge in [-0.15, -0.1) is 0 Å². The Bertz CT molecular complexity index is 2800. The zero-order chi connectivity index (χ0) is 55.6. The molecule has 0 bridgehead atoms. The molecule has 2 heterocycles. The van der Waals surface area contributed by atoms with Gasteiger partial charge < -0.3 is 28.4 Å². The van der Waals surface area contributed by atoms with E-state index < -0.39 is 19.9 Å². The Morgan fingerprint density at radius 3 is 1.40 bits per heavy atom. The highest BCUT2D eigenvalue weighted by Gasteiger charge is 2.40. The smallest absolute Gasteiger partial charge is 0.240 e. The molecule has 1 N–H and O–H groups in total. The third-order valence-electron chi connectivity index (χ3n) is 15.7. The lowest BCUT2D eigenvalue weighted by molar-refractivity contribution is 0.0464. The van der Waals surface area contributed by atoms with Crippen molar-refractivity contribution in [2.75, 3.05) is 91.3 Å². The first kappa shape index (κ1) is 59.3. The molecule has 17 heteroatoms. The van der Waals surface area contributed by atoms with Crippen LogP contribution < -0.4 is 14.2 Å². The third-order valence-corrected chi connectivity index (χ3v) is 19.0. The minimum atomic E-state index is -3.75. The third kappa shape index (κ3) is 16.4. The molecule has 0 spiro atoms. The minimum absolute atomic E-state index is 0.0365. The van der Waals surface area contributed by atoms with Crippen LogP contribution >= 0.6 is 0 Å². The zero-order valence-electron chi connectivity index (χ0n) is 46.1. The van der Waals surface area contributed by atoms with Crippen LogP contribution in [-0.4, -0.2) is 142 Å². The van der Waals surface area contributed by atoms with Crippen LogP contribution in [0.2, 0.25) is 0 Å². The number of ether oxygens (including phenoxy) is 6. The molecule has 4 atom stereocenters. The summed E-state index contributed by atoms with van der Waals surface area (Å²) in [5.74, 6) is 1.10. The van der Waals surface area contributed by atoms with E-state index in [1.807, 2.05) is 6.07 Å². The topological polar surface area (TPSA) is 176 Å². The number of fused-ring (bicyclic) bond motifs is 2. The van der Waals surface area contributed by atoms with Crippen LogP contribution in [0.4, 0.5) is 0 Å². The summed E-state index contributed by atoms with van der Waals surface area (Å²) in [6.45, 7) is 6.74. The highest BCUT2D eigenvalue weighted by Crippen LogP contribution is 2.41. The van der Waals surface area contributed by atoms with E-state index in [-0.39, 0.29) is 90.6 Å². The van der Waals surface area contributed by atoms with Crippen molar-refractivity contribution in [3.8, 4) is 11.5 Å². The Morgan fingerprint density at radius 2 is 0.912 bits per heavy atom. The second-order valence-corrected chi connectivity index (χ2v) is 25.2. The summed E-state index contributed by atoms with van der Waals surface area (Å²) in [5, 5.41) is 0. The number of hydrogen-bond donors (Lipinski definition) is 1. The summed E-state index contributed by atoms with van der Waals surface area (Å²) in [6, 6.07) is 37.6. The average molecular weight is 1130 g/mol. The zero-order valence-corrected chi connectivity index (χ0v) is 47.7. The lowest BCUT2D eigenvalue weighted by Crippen LogP contribution is -2.43. The van der Waals surface area contributed by atoms with Gasteiger partial charge in [0.2, 0.25) is 10.0 Å². The van der Waals surface area contributed by atoms with Crippen LogP contribution in [0.15, 0.2) is 131 Å². The standard InChI is InChI=1S/C63H79N3O12S2/c67-60(21-12-36-73-40-41-75-38-14-44-79(69,70)54-27-23-52(24-28-54)77-62-56-19-5-3-15-48(56)46-58(62)65-32-7-1-8-33-65)50-17-11-18-51(45-50)61(68)22-13-37-74-42-43-76-39-31-64-80(71,72)55-29-25-53(26-30-55)78-63-57-20-6-4-16-49(57)47-59(63)66-34-9-2-10-35-66/h3-6,11,15-20,23-30,45,58-59,62-64H,1-2,7-10,12-14,21-22,31-44,46-47H2/t58-,59-,62-,63-/m0/s1. The first-order chi connectivity index (χ1) is 39.0.